The second-order valence-electron chi connectivity index (χ2n) is 3.50. The van der Waals surface area contributed by atoms with Crippen LogP contribution in [0.3, 0.4) is 0 Å². The third-order valence-electron chi connectivity index (χ3n) is 2.51. The Balaban J connectivity index is 2.62. The van der Waals surface area contributed by atoms with Crippen LogP contribution in [0.25, 0.3) is 16.8 Å². The van der Waals surface area contributed by atoms with Gasteiger partial charge in [0.1, 0.15) is 5.75 Å². The van der Waals surface area contributed by atoms with Crippen molar-refractivity contribution in [1.82, 2.24) is 0 Å². The molecule has 4 nitrogen and oxygen atoms in total. The van der Waals surface area contributed by atoms with Crippen LogP contribution in [0.4, 0.5) is 0 Å². The first-order valence-electron chi connectivity index (χ1n) is 5.10. The molecule has 0 aliphatic carbocycles. The maximum absolute atomic E-state index is 10.3. The highest BCUT2D eigenvalue weighted by Gasteiger charge is 2.04. The van der Waals surface area contributed by atoms with E-state index in [9.17, 15) is 10.1 Å². The van der Waals surface area contributed by atoms with Gasteiger partial charge in [0.05, 0.1) is 12.0 Å². The molecule has 0 atom stereocenters. The number of hydrogen-bond acceptors (Lipinski definition) is 3. The first kappa shape index (κ1) is 11.1. The van der Waals surface area contributed by atoms with E-state index in [1.165, 1.54) is 6.08 Å². The van der Waals surface area contributed by atoms with Gasteiger partial charge in [-0.05, 0) is 17.0 Å². The number of rotatable bonds is 3. The highest BCUT2D eigenvalue weighted by molar-refractivity contribution is 5.94. The quantitative estimate of drug-likeness (QED) is 0.600. The van der Waals surface area contributed by atoms with Gasteiger partial charge in [0.15, 0.2) is 0 Å². The van der Waals surface area contributed by atoms with Gasteiger partial charge in [0.25, 0.3) is 0 Å². The van der Waals surface area contributed by atoms with Crippen molar-refractivity contribution >= 4 is 16.8 Å². The molecule has 0 spiro atoms. The largest absolute Gasteiger partial charge is 0.496 e. The molecule has 0 unspecified atom stereocenters. The minimum atomic E-state index is -0.473. The third kappa shape index (κ3) is 2.25. The van der Waals surface area contributed by atoms with E-state index in [1.807, 2.05) is 30.3 Å². The first-order valence-corrected chi connectivity index (χ1v) is 5.10. The molecule has 2 aromatic carbocycles. The van der Waals surface area contributed by atoms with Crippen LogP contribution in [0.1, 0.15) is 5.56 Å². The molecule has 0 saturated heterocycles. The van der Waals surface area contributed by atoms with Crippen molar-refractivity contribution < 1.29 is 9.66 Å². The molecule has 2 rings (SSSR count). The summed E-state index contributed by atoms with van der Waals surface area (Å²) in [7, 11) is 1.61. The average molecular weight is 229 g/mol. The van der Waals surface area contributed by atoms with E-state index in [2.05, 4.69) is 0 Å². The second-order valence-corrected chi connectivity index (χ2v) is 3.50. The van der Waals surface area contributed by atoms with Gasteiger partial charge in [-0.25, -0.2) is 0 Å². The van der Waals surface area contributed by atoms with Gasteiger partial charge < -0.3 is 4.74 Å². The Morgan fingerprint density at radius 1 is 1.18 bits per heavy atom. The van der Waals surface area contributed by atoms with Gasteiger partial charge in [-0.3, -0.25) is 10.1 Å². The molecule has 0 fully saturated rings. The molecule has 0 aliphatic heterocycles. The predicted molar refractivity (Wildman–Crippen MR) is 66.5 cm³/mol. The van der Waals surface area contributed by atoms with E-state index in [0.717, 1.165) is 28.3 Å². The number of nitrogens with zero attached hydrogens (tertiary/aromatic N) is 1. The van der Waals surface area contributed by atoms with E-state index >= 15 is 0 Å². The van der Waals surface area contributed by atoms with E-state index < -0.39 is 4.92 Å². The molecule has 0 aromatic heterocycles. The zero-order valence-corrected chi connectivity index (χ0v) is 9.29. The van der Waals surface area contributed by atoms with E-state index in [-0.39, 0.29) is 0 Å². The first-order chi connectivity index (χ1) is 8.22. The Hall–Kier alpha value is -2.36. The van der Waals surface area contributed by atoms with Crippen molar-refractivity contribution in [2.24, 2.45) is 0 Å². The monoisotopic (exact) mass is 229 g/mol. The maximum atomic E-state index is 10.3. The molecule has 0 amide bonds. The highest BCUT2D eigenvalue weighted by atomic mass is 16.6. The molecular formula is C13H11NO3. The summed E-state index contributed by atoms with van der Waals surface area (Å²) in [6.45, 7) is 0. The lowest BCUT2D eigenvalue weighted by Gasteiger charge is -2.07. The zero-order chi connectivity index (χ0) is 12.3. The van der Waals surface area contributed by atoms with Crippen molar-refractivity contribution in [3.05, 3.63) is 58.3 Å². The van der Waals surface area contributed by atoms with Gasteiger partial charge in [0, 0.05) is 11.5 Å². The summed E-state index contributed by atoms with van der Waals surface area (Å²) in [5.41, 5.74) is 0.804. The Morgan fingerprint density at radius 3 is 2.53 bits per heavy atom. The van der Waals surface area contributed by atoms with Crippen LogP contribution in [0.2, 0.25) is 0 Å². The van der Waals surface area contributed by atoms with Crippen molar-refractivity contribution in [3.8, 4) is 5.75 Å². The second kappa shape index (κ2) is 4.65. The van der Waals surface area contributed by atoms with Crippen LogP contribution >= 0.6 is 0 Å². The number of benzene rings is 2. The van der Waals surface area contributed by atoms with Crippen molar-refractivity contribution in [2.45, 2.75) is 0 Å². The van der Waals surface area contributed by atoms with E-state index in [4.69, 9.17) is 4.74 Å². The fourth-order valence-electron chi connectivity index (χ4n) is 1.76. The van der Waals surface area contributed by atoms with Crippen LogP contribution in [0.15, 0.2) is 42.6 Å². The smallest absolute Gasteiger partial charge is 0.235 e. The van der Waals surface area contributed by atoms with Crippen LogP contribution in [-0.2, 0) is 0 Å². The molecule has 0 bridgehead atoms. The summed E-state index contributed by atoms with van der Waals surface area (Å²) in [4.78, 5) is 9.85. The van der Waals surface area contributed by atoms with Crippen LogP contribution in [0, 0.1) is 10.1 Å². The van der Waals surface area contributed by atoms with Gasteiger partial charge in [0.2, 0.25) is 6.20 Å². The zero-order valence-electron chi connectivity index (χ0n) is 9.29. The fraction of sp³-hybridized carbons (Fsp3) is 0.0769. The number of ether oxygens (including phenoxy) is 1. The lowest BCUT2D eigenvalue weighted by atomic mass is 10.0. The molecule has 0 aliphatic rings. The standard InChI is InChI=1S/C13H11NO3/c1-17-13-7-6-10(8-9-14(15)16)11-4-2-3-5-12(11)13/h2-9H,1H3/b9-8+. The molecule has 0 saturated carbocycles. The summed E-state index contributed by atoms with van der Waals surface area (Å²) >= 11 is 0. The van der Waals surface area contributed by atoms with Crippen molar-refractivity contribution in [3.63, 3.8) is 0 Å². The number of fused-ring (bicyclic) bond motifs is 1. The molecule has 0 heterocycles. The Morgan fingerprint density at radius 2 is 1.88 bits per heavy atom. The lowest BCUT2D eigenvalue weighted by molar-refractivity contribution is -0.400. The summed E-state index contributed by atoms with van der Waals surface area (Å²) in [5, 5.41) is 12.2. The fourth-order valence-corrected chi connectivity index (χ4v) is 1.76. The van der Waals surface area contributed by atoms with Crippen molar-refractivity contribution in [2.75, 3.05) is 7.11 Å². The molecule has 0 N–H and O–H groups in total. The third-order valence-corrected chi connectivity index (χ3v) is 2.51. The summed E-state index contributed by atoms with van der Waals surface area (Å²) in [5.74, 6) is 0.763. The van der Waals surface area contributed by atoms with E-state index in [1.54, 1.807) is 13.2 Å². The van der Waals surface area contributed by atoms with Gasteiger partial charge in [-0.1, -0.05) is 30.3 Å². The highest BCUT2D eigenvalue weighted by Crippen LogP contribution is 2.28. The van der Waals surface area contributed by atoms with Crippen LogP contribution < -0.4 is 4.74 Å². The van der Waals surface area contributed by atoms with Gasteiger partial charge >= 0.3 is 0 Å². The number of nitro groups is 1. The van der Waals surface area contributed by atoms with Crippen molar-refractivity contribution in [1.29, 1.82) is 0 Å². The minimum Gasteiger partial charge on any atom is -0.496 e. The summed E-state index contributed by atoms with van der Waals surface area (Å²) in [6, 6.07) is 11.3. The van der Waals surface area contributed by atoms with Gasteiger partial charge in [-0.15, -0.1) is 0 Å². The molecule has 4 heteroatoms. The number of hydrogen-bond donors (Lipinski definition) is 0. The molecule has 2 aromatic rings. The molecule has 0 radical (unpaired) electrons. The lowest BCUT2D eigenvalue weighted by Crippen LogP contribution is -1.88. The maximum Gasteiger partial charge on any atom is 0.235 e. The average Bonchev–Trinajstić information content (AvgIpc) is 2.35. The molecular weight excluding hydrogens is 218 g/mol. The normalized spacial score (nSPS) is 10.9. The van der Waals surface area contributed by atoms with Crippen LogP contribution in [0.5, 0.6) is 5.75 Å². The predicted octanol–water partition coefficient (Wildman–Crippen LogP) is 3.10. The Kier molecular flexibility index (Phi) is 3.05. The topological polar surface area (TPSA) is 52.4 Å². The Labute approximate surface area is 98.3 Å². The number of methoxy groups -OCH3 is 1. The molecule has 86 valence electrons. The van der Waals surface area contributed by atoms with Gasteiger partial charge in [-0.2, -0.15) is 0 Å². The van der Waals surface area contributed by atoms with Crippen LogP contribution in [-0.4, -0.2) is 12.0 Å². The summed E-state index contributed by atoms with van der Waals surface area (Å²) < 4.78 is 5.25. The van der Waals surface area contributed by atoms with E-state index in [0.29, 0.717) is 0 Å². The Bertz CT molecular complexity index is 590. The minimum absolute atomic E-state index is 0.473. The SMILES string of the molecule is COc1ccc(/C=C/[N+](=O)[O-])c2ccccc12. The molecule has 17 heavy (non-hydrogen) atoms. The summed E-state index contributed by atoms with van der Waals surface area (Å²) in [6.07, 6.45) is 2.43.